The van der Waals surface area contributed by atoms with Gasteiger partial charge in [-0.15, -0.1) is 0 Å². The van der Waals surface area contributed by atoms with E-state index < -0.39 is 15.4 Å². The van der Waals surface area contributed by atoms with Crippen molar-refractivity contribution >= 4 is 9.53 Å². The number of hydrogen-bond acceptors (Lipinski definition) is 2. The van der Waals surface area contributed by atoms with Crippen molar-refractivity contribution in [2.45, 2.75) is 52.6 Å². The Kier molecular flexibility index (Phi) is 4.37. The molecule has 0 saturated carbocycles. The van der Waals surface area contributed by atoms with Gasteiger partial charge in [-0.3, -0.25) is 0 Å². The monoisotopic (exact) mass is 364 g/mol. The van der Waals surface area contributed by atoms with Crippen LogP contribution in [0.2, 0.25) is 0 Å². The number of nitrogens with zero attached hydrogens (tertiary/aromatic N) is 2. The molecule has 0 spiro atoms. The Labute approximate surface area is 84.7 Å². The molecule has 0 N–H and O–H groups in total. The van der Waals surface area contributed by atoms with Crippen LogP contribution >= 0.6 is 9.53 Å². The van der Waals surface area contributed by atoms with Crippen LogP contribution in [-0.4, -0.2) is 11.1 Å². The third kappa shape index (κ3) is 8.65. The van der Waals surface area contributed by atoms with Gasteiger partial charge in [0.25, 0.3) is 0 Å². The fourth-order valence-corrected chi connectivity index (χ4v) is 6.72. The average molecular weight is 364 g/mol. The van der Waals surface area contributed by atoms with Crippen LogP contribution in [-0.2, 0) is 15.4 Å². The van der Waals surface area contributed by atoms with Gasteiger partial charge >= 0.3 is 84.7 Å². The summed E-state index contributed by atoms with van der Waals surface area (Å²) in [6, 6.07) is 0. The Morgan fingerprint density at radius 3 is 1.25 bits per heavy atom. The van der Waals surface area contributed by atoms with Crippen LogP contribution in [0, 0.1) is 0 Å². The predicted molar refractivity (Wildman–Crippen MR) is 50.2 cm³/mol. The first-order valence-corrected chi connectivity index (χ1v) is 9.72. The molecule has 0 radical (unpaired) electrons. The van der Waals surface area contributed by atoms with Gasteiger partial charge < -0.3 is 0 Å². The topological polar surface area (TPSA) is 24.7 Å². The predicted octanol–water partition coefficient (Wildman–Crippen LogP) is 3.72. The van der Waals surface area contributed by atoms with E-state index >= 15 is 0 Å². The SMILES string of the molecule is CC(C)(C)[N]=[Re]([Cl])=[N]C(C)(C)C. The first kappa shape index (κ1) is 12.6. The molecule has 0 amide bonds. The second-order valence-corrected chi connectivity index (χ2v) is 9.48. The van der Waals surface area contributed by atoms with E-state index in [0.29, 0.717) is 0 Å². The summed E-state index contributed by atoms with van der Waals surface area (Å²) >= 11 is -2.16. The van der Waals surface area contributed by atoms with E-state index in [2.05, 4.69) is 48.7 Å². The van der Waals surface area contributed by atoms with E-state index in [4.69, 9.17) is 9.53 Å². The Hall–Kier alpha value is 0.552. The molecule has 0 aliphatic carbocycles. The molecular weight excluding hydrogens is 346 g/mol. The van der Waals surface area contributed by atoms with Crippen LogP contribution in [0.4, 0.5) is 0 Å². The number of hydrogen-bond donors (Lipinski definition) is 0. The minimum absolute atomic E-state index is 0.0276. The van der Waals surface area contributed by atoms with Crippen molar-refractivity contribution in [1.82, 2.24) is 0 Å². The van der Waals surface area contributed by atoms with Crippen LogP contribution in [0.3, 0.4) is 0 Å². The van der Waals surface area contributed by atoms with Crippen LogP contribution < -0.4 is 0 Å². The molecule has 0 heterocycles. The Bertz CT molecular complexity index is 204. The van der Waals surface area contributed by atoms with Crippen molar-refractivity contribution in [3.63, 3.8) is 0 Å². The zero-order chi connectivity index (χ0) is 9.99. The molecule has 4 heteroatoms. The standard InChI is InChI=1S/2C4H9N.ClH.Re/c2*1-4(2,3)5;;/h2*1-3H3;1H;/q;;;+1/p-1. The van der Waals surface area contributed by atoms with Crippen molar-refractivity contribution < 1.29 is 15.4 Å². The number of rotatable bonds is 0. The van der Waals surface area contributed by atoms with Crippen molar-refractivity contribution in [2.24, 2.45) is 7.14 Å². The van der Waals surface area contributed by atoms with Gasteiger partial charge in [-0.25, -0.2) is 0 Å². The molecule has 0 saturated heterocycles. The van der Waals surface area contributed by atoms with Gasteiger partial charge in [0.15, 0.2) is 0 Å². The summed E-state index contributed by atoms with van der Waals surface area (Å²) in [5, 5.41) is 0. The molecule has 2 nitrogen and oxygen atoms in total. The first-order chi connectivity index (χ1) is 5.10. The van der Waals surface area contributed by atoms with Crippen molar-refractivity contribution in [3.05, 3.63) is 0 Å². The van der Waals surface area contributed by atoms with E-state index in [1.165, 1.54) is 0 Å². The van der Waals surface area contributed by atoms with Crippen LogP contribution in [0.5, 0.6) is 0 Å². The van der Waals surface area contributed by atoms with Gasteiger partial charge in [-0.05, 0) is 0 Å². The van der Waals surface area contributed by atoms with Gasteiger partial charge in [0.05, 0.1) is 0 Å². The molecular formula is C8H18ClN2Re. The van der Waals surface area contributed by atoms with Gasteiger partial charge in [0, 0.05) is 0 Å². The fraction of sp³-hybridized carbons (Fsp3) is 1.00. The zero-order valence-electron chi connectivity index (χ0n) is 8.65. The maximum absolute atomic E-state index is 6.10. The van der Waals surface area contributed by atoms with Crippen LogP contribution in [0.1, 0.15) is 41.5 Å². The van der Waals surface area contributed by atoms with E-state index in [1.807, 2.05) is 0 Å². The molecule has 0 aliphatic heterocycles. The molecule has 0 bridgehead atoms. The molecule has 0 aromatic carbocycles. The second kappa shape index (κ2) is 4.18. The van der Waals surface area contributed by atoms with Crippen LogP contribution in [0.15, 0.2) is 7.14 Å². The van der Waals surface area contributed by atoms with Crippen LogP contribution in [0.25, 0.3) is 0 Å². The molecule has 0 atom stereocenters. The Morgan fingerprint density at radius 1 is 0.833 bits per heavy atom. The maximum atomic E-state index is 6.10. The number of halogens is 1. The normalized spacial score (nSPS) is 16.9. The Morgan fingerprint density at radius 2 is 1.08 bits per heavy atom. The fourth-order valence-electron chi connectivity index (χ4n) is 0.437. The van der Waals surface area contributed by atoms with Gasteiger partial charge in [-0.2, -0.15) is 0 Å². The molecule has 12 heavy (non-hydrogen) atoms. The summed E-state index contributed by atoms with van der Waals surface area (Å²) in [4.78, 5) is 0. The van der Waals surface area contributed by atoms with E-state index in [0.717, 1.165) is 0 Å². The van der Waals surface area contributed by atoms with Crippen molar-refractivity contribution in [2.75, 3.05) is 0 Å². The second-order valence-electron chi connectivity index (χ2n) is 4.71. The van der Waals surface area contributed by atoms with Crippen molar-refractivity contribution in [1.29, 1.82) is 0 Å². The summed E-state index contributed by atoms with van der Waals surface area (Å²) in [5.74, 6) is 0. The molecule has 0 unspecified atom stereocenters. The summed E-state index contributed by atoms with van der Waals surface area (Å²) in [7, 11) is 6.10. The average Bonchev–Trinajstić information content (AvgIpc) is 1.49. The minimum atomic E-state index is -2.16. The molecule has 0 aromatic heterocycles. The van der Waals surface area contributed by atoms with Gasteiger partial charge in [0.2, 0.25) is 0 Å². The molecule has 74 valence electrons. The summed E-state index contributed by atoms with van der Waals surface area (Å²) < 4.78 is 8.96. The molecule has 0 fully saturated rings. The Balaban J connectivity index is 4.71. The van der Waals surface area contributed by atoms with E-state index in [-0.39, 0.29) is 11.1 Å². The quantitative estimate of drug-likeness (QED) is 0.626. The van der Waals surface area contributed by atoms with Gasteiger partial charge in [-0.1, -0.05) is 0 Å². The van der Waals surface area contributed by atoms with E-state index in [9.17, 15) is 0 Å². The summed E-state index contributed by atoms with van der Waals surface area (Å²) in [5.41, 5.74) is -0.0553. The zero-order valence-corrected chi connectivity index (χ0v) is 12.1. The third-order valence-electron chi connectivity index (χ3n) is 0.647. The molecule has 0 aliphatic rings. The summed E-state index contributed by atoms with van der Waals surface area (Å²) in [6.07, 6.45) is 0. The molecule has 0 aromatic rings. The summed E-state index contributed by atoms with van der Waals surface area (Å²) in [6.45, 7) is 12.4. The van der Waals surface area contributed by atoms with Gasteiger partial charge in [0.1, 0.15) is 0 Å². The third-order valence-corrected chi connectivity index (χ3v) is 6.34. The van der Waals surface area contributed by atoms with E-state index in [1.54, 1.807) is 0 Å². The first-order valence-electron chi connectivity index (χ1n) is 3.93. The molecule has 0 rings (SSSR count). The van der Waals surface area contributed by atoms with Crippen molar-refractivity contribution in [3.8, 4) is 0 Å².